The van der Waals surface area contributed by atoms with Crippen molar-refractivity contribution in [2.24, 2.45) is 11.8 Å². The van der Waals surface area contributed by atoms with Crippen molar-refractivity contribution in [3.63, 3.8) is 0 Å². The Kier molecular flexibility index (Phi) is 20.2. The number of rotatable bonds is 25. The number of unbranched alkanes of at least 4 members (excludes halogenated alkanes) is 9. The van der Waals surface area contributed by atoms with Crippen molar-refractivity contribution in [3.05, 3.63) is 0 Å². The van der Waals surface area contributed by atoms with Crippen LogP contribution in [0.4, 0.5) is 0 Å². The Balaban J connectivity index is 1.58. The molecule has 2 rings (SSSR count). The number of hydroxylamine groups is 4. The molecule has 0 radical (unpaired) electrons. The van der Waals surface area contributed by atoms with E-state index in [9.17, 15) is 9.59 Å². The van der Waals surface area contributed by atoms with Crippen LogP contribution >= 0.6 is 0 Å². The van der Waals surface area contributed by atoms with E-state index < -0.39 is 0 Å². The number of piperidine rings is 2. The number of esters is 2. The van der Waals surface area contributed by atoms with Crippen LogP contribution < -0.4 is 0 Å². The highest BCUT2D eigenvalue weighted by Gasteiger charge is 2.49. The van der Waals surface area contributed by atoms with Crippen LogP contribution in [0.5, 0.6) is 0 Å². The zero-order valence-corrected chi connectivity index (χ0v) is 36.2. The molecule has 8 nitrogen and oxygen atoms in total. The second-order valence-electron chi connectivity index (χ2n) is 19.7. The van der Waals surface area contributed by atoms with E-state index in [0.717, 1.165) is 102 Å². The van der Waals surface area contributed by atoms with Crippen molar-refractivity contribution in [1.82, 2.24) is 10.1 Å². The predicted molar refractivity (Wildman–Crippen MR) is 214 cm³/mol. The quantitative estimate of drug-likeness (QED) is 0.0677. The molecule has 2 aliphatic rings. The molecule has 52 heavy (non-hydrogen) atoms. The Morgan fingerprint density at radius 1 is 0.481 bits per heavy atom. The molecule has 2 heterocycles. The van der Waals surface area contributed by atoms with Crippen LogP contribution in [0, 0.1) is 11.8 Å². The number of carbonyl (C=O) groups excluding carboxylic acids is 2. The molecule has 0 N–H and O–H groups in total. The first-order chi connectivity index (χ1) is 24.2. The van der Waals surface area contributed by atoms with Crippen LogP contribution in [0.25, 0.3) is 0 Å². The van der Waals surface area contributed by atoms with Gasteiger partial charge in [-0.15, -0.1) is 0 Å². The first kappa shape index (κ1) is 46.9. The molecule has 0 aliphatic carbocycles. The maximum Gasteiger partial charge on any atom is 0.306 e. The maximum atomic E-state index is 12.8. The van der Waals surface area contributed by atoms with Crippen LogP contribution in [-0.2, 0) is 28.7 Å². The monoisotopic (exact) mass is 737 g/mol. The first-order valence-corrected chi connectivity index (χ1v) is 21.5. The summed E-state index contributed by atoms with van der Waals surface area (Å²) in [5.74, 6) is 1.35. The molecule has 306 valence electrons. The molecule has 2 saturated heterocycles. The summed E-state index contributed by atoms with van der Waals surface area (Å²) in [5.41, 5.74) is -0.822. The van der Waals surface area contributed by atoms with Crippen molar-refractivity contribution in [2.45, 2.75) is 246 Å². The van der Waals surface area contributed by atoms with Gasteiger partial charge in [-0.3, -0.25) is 19.3 Å². The van der Waals surface area contributed by atoms with Gasteiger partial charge in [0, 0.05) is 60.7 Å². The second-order valence-corrected chi connectivity index (χ2v) is 19.7. The fourth-order valence-electron chi connectivity index (χ4n) is 8.92. The highest BCUT2D eigenvalue weighted by molar-refractivity contribution is 5.69. The van der Waals surface area contributed by atoms with Crippen molar-refractivity contribution < 1.29 is 28.7 Å². The minimum absolute atomic E-state index is 0.0836. The Labute approximate surface area is 321 Å². The molecule has 8 heteroatoms. The lowest BCUT2D eigenvalue weighted by molar-refractivity contribution is -0.293. The Bertz CT molecular complexity index is 906. The van der Waals surface area contributed by atoms with E-state index in [2.05, 4.69) is 93.2 Å². The van der Waals surface area contributed by atoms with Gasteiger partial charge < -0.3 is 9.47 Å². The molecule has 0 aromatic heterocycles. The maximum absolute atomic E-state index is 12.8. The van der Waals surface area contributed by atoms with E-state index in [1.54, 1.807) is 0 Å². The summed E-state index contributed by atoms with van der Waals surface area (Å²) < 4.78 is 12.0. The number of hydrogen-bond acceptors (Lipinski definition) is 8. The van der Waals surface area contributed by atoms with E-state index >= 15 is 0 Å². The molecule has 0 saturated carbocycles. The average Bonchev–Trinajstić information content (AvgIpc) is 2.98. The van der Waals surface area contributed by atoms with Crippen molar-refractivity contribution in [3.8, 4) is 0 Å². The van der Waals surface area contributed by atoms with Crippen LogP contribution in [0.2, 0.25) is 0 Å². The van der Waals surface area contributed by atoms with Crippen molar-refractivity contribution >= 4 is 11.9 Å². The van der Waals surface area contributed by atoms with Crippen LogP contribution in [0.3, 0.4) is 0 Å². The predicted octanol–water partition coefficient (Wildman–Crippen LogP) is 11.5. The standard InChI is InChI=1S/C44H84N2O6/c1-35(2)25-19-17-23-29-49-45-41(5,6)31-37(32-42(45,7)8)51-39(47)27-21-15-13-14-16-22-28-40(48)52-38-33-43(9,10)46(44(11,12)34-38)50-30-24-18-20-26-36(3)4/h35-38H,13-34H2,1-12H3. The number of hydrogen-bond donors (Lipinski definition) is 0. The minimum Gasteiger partial charge on any atom is -0.462 e. The van der Waals surface area contributed by atoms with Gasteiger partial charge >= 0.3 is 11.9 Å². The van der Waals surface area contributed by atoms with Gasteiger partial charge in [-0.05, 0) is 92.9 Å². The minimum atomic E-state index is -0.205. The van der Waals surface area contributed by atoms with Gasteiger partial charge in [0.05, 0.1) is 13.2 Å². The lowest BCUT2D eigenvalue weighted by Gasteiger charge is -2.53. The smallest absolute Gasteiger partial charge is 0.306 e. The average molecular weight is 737 g/mol. The zero-order chi connectivity index (χ0) is 39.0. The van der Waals surface area contributed by atoms with Gasteiger partial charge in [0.1, 0.15) is 12.2 Å². The SMILES string of the molecule is CC(C)CCCCCON1C(C)(C)CC(OC(=O)CCCCCCCCC(=O)OC2CC(C)(C)N(OCCCCCC(C)C)C(C)(C)C2)CC1(C)C. The second kappa shape index (κ2) is 22.4. The number of nitrogens with zero attached hydrogens (tertiary/aromatic N) is 2. The lowest BCUT2D eigenvalue weighted by atomic mass is 9.80. The molecule has 0 aromatic carbocycles. The van der Waals surface area contributed by atoms with Crippen LogP contribution in [0.1, 0.15) is 212 Å². The van der Waals surface area contributed by atoms with Gasteiger partial charge in [-0.1, -0.05) is 91.9 Å². The van der Waals surface area contributed by atoms with Crippen LogP contribution in [0.15, 0.2) is 0 Å². The number of ether oxygens (including phenoxy) is 2. The Morgan fingerprint density at radius 2 is 0.769 bits per heavy atom. The molecule has 0 bridgehead atoms. The molecule has 2 aliphatic heterocycles. The molecule has 0 unspecified atom stereocenters. The summed E-state index contributed by atoms with van der Waals surface area (Å²) >= 11 is 0. The molecular weight excluding hydrogens is 652 g/mol. The van der Waals surface area contributed by atoms with E-state index in [0.29, 0.717) is 12.8 Å². The number of carbonyl (C=O) groups is 2. The third kappa shape index (κ3) is 17.5. The summed E-state index contributed by atoms with van der Waals surface area (Å²) in [6.45, 7) is 28.2. The molecule has 2 fully saturated rings. The third-order valence-electron chi connectivity index (χ3n) is 11.0. The molecule has 0 atom stereocenters. The summed E-state index contributed by atoms with van der Waals surface area (Å²) in [5, 5.41) is 4.34. The molecule has 0 aromatic rings. The topological polar surface area (TPSA) is 77.5 Å². The normalized spacial score (nSPS) is 20.8. The van der Waals surface area contributed by atoms with Gasteiger partial charge in [0.15, 0.2) is 0 Å². The largest absolute Gasteiger partial charge is 0.462 e. The highest BCUT2D eigenvalue weighted by Crippen LogP contribution is 2.41. The van der Waals surface area contributed by atoms with E-state index in [4.69, 9.17) is 19.1 Å². The molecule has 0 amide bonds. The van der Waals surface area contributed by atoms with Crippen molar-refractivity contribution in [1.29, 1.82) is 0 Å². The Hall–Kier alpha value is -1.22. The van der Waals surface area contributed by atoms with Crippen molar-refractivity contribution in [2.75, 3.05) is 13.2 Å². The Morgan fingerprint density at radius 3 is 1.08 bits per heavy atom. The van der Waals surface area contributed by atoms with Gasteiger partial charge in [0.25, 0.3) is 0 Å². The molecule has 0 spiro atoms. The zero-order valence-electron chi connectivity index (χ0n) is 36.2. The van der Waals surface area contributed by atoms with Gasteiger partial charge in [-0.2, -0.15) is 10.1 Å². The van der Waals surface area contributed by atoms with Crippen LogP contribution in [-0.4, -0.2) is 69.6 Å². The van der Waals surface area contributed by atoms with E-state index in [1.807, 2.05) is 0 Å². The first-order valence-electron chi connectivity index (χ1n) is 21.5. The van der Waals surface area contributed by atoms with E-state index in [1.165, 1.54) is 38.5 Å². The summed E-state index contributed by atoms with van der Waals surface area (Å²) in [6.07, 6.45) is 19.3. The lowest BCUT2D eigenvalue weighted by Crippen LogP contribution is -2.62. The summed E-state index contributed by atoms with van der Waals surface area (Å²) in [4.78, 5) is 38.2. The fraction of sp³-hybridized carbons (Fsp3) is 0.955. The van der Waals surface area contributed by atoms with E-state index in [-0.39, 0.29) is 46.3 Å². The van der Waals surface area contributed by atoms with Gasteiger partial charge in [0.2, 0.25) is 0 Å². The fourth-order valence-corrected chi connectivity index (χ4v) is 8.92. The summed E-state index contributed by atoms with van der Waals surface area (Å²) in [7, 11) is 0. The summed E-state index contributed by atoms with van der Waals surface area (Å²) in [6, 6.07) is 0. The molecular formula is C44H84N2O6. The third-order valence-corrected chi connectivity index (χ3v) is 11.0. The highest BCUT2D eigenvalue weighted by atomic mass is 16.7. The van der Waals surface area contributed by atoms with Gasteiger partial charge in [-0.25, -0.2) is 0 Å².